The van der Waals surface area contributed by atoms with Crippen LogP contribution in [0.25, 0.3) is 0 Å². The fraction of sp³-hybridized carbons (Fsp3) is 0.231. The molecule has 0 aliphatic carbocycles. The van der Waals surface area contributed by atoms with Gasteiger partial charge in [0.05, 0.1) is 0 Å². The van der Waals surface area contributed by atoms with Gasteiger partial charge in [-0.3, -0.25) is 0 Å². The number of hydrogen-bond donors (Lipinski definition) is 0. The van der Waals surface area contributed by atoms with Gasteiger partial charge >= 0.3 is 102 Å². The first-order valence-corrected chi connectivity index (χ1v) is 8.16. The molecule has 0 unspecified atom stereocenters. The zero-order chi connectivity index (χ0) is 10.5. The Morgan fingerprint density at radius 3 is 2.73 bits per heavy atom. The molecular weight excluding hydrogens is 267 g/mol. The Balaban J connectivity index is 2.19. The number of allylic oxidation sites excluding steroid dienone is 1. The Hall–Kier alpha value is -0.611. The van der Waals surface area contributed by atoms with Crippen LogP contribution in [0.5, 0.6) is 0 Å². The van der Waals surface area contributed by atoms with Gasteiger partial charge in [0.1, 0.15) is 0 Å². The average Bonchev–Trinajstić information content (AvgIpc) is 2.75. The Kier molecular flexibility index (Phi) is 3.97. The number of benzene rings is 1. The minimum absolute atomic E-state index is 0.695. The summed E-state index contributed by atoms with van der Waals surface area (Å²) in [7, 11) is 0. The third-order valence-corrected chi connectivity index (χ3v) is 6.35. The quantitative estimate of drug-likeness (QED) is 0.562. The van der Waals surface area contributed by atoms with Crippen LogP contribution in [0, 0.1) is 11.8 Å². The van der Waals surface area contributed by atoms with Gasteiger partial charge in [0.25, 0.3) is 0 Å². The van der Waals surface area contributed by atoms with Gasteiger partial charge in [-0.15, -0.1) is 0 Å². The molecule has 76 valence electrons. The maximum absolute atomic E-state index is 3.32. The summed E-state index contributed by atoms with van der Waals surface area (Å²) in [5.41, 5.74) is 2.50. The van der Waals surface area contributed by atoms with Gasteiger partial charge in [-0.05, 0) is 0 Å². The molecule has 15 heavy (non-hydrogen) atoms. The van der Waals surface area contributed by atoms with Gasteiger partial charge in [0.2, 0.25) is 0 Å². The zero-order valence-electron chi connectivity index (χ0n) is 8.62. The van der Waals surface area contributed by atoms with Crippen molar-refractivity contribution in [2.45, 2.75) is 11.7 Å². The summed E-state index contributed by atoms with van der Waals surface area (Å²) in [5.74, 6) is 6.56. The molecular formula is C13H12SSe. The number of hydrogen-bond acceptors (Lipinski definition) is 1. The molecule has 2 rings (SSSR count). The van der Waals surface area contributed by atoms with Gasteiger partial charge in [-0.25, -0.2) is 0 Å². The van der Waals surface area contributed by atoms with E-state index >= 15 is 0 Å². The molecule has 1 aromatic rings. The predicted molar refractivity (Wildman–Crippen MR) is 69.0 cm³/mol. The summed E-state index contributed by atoms with van der Waals surface area (Å²) in [6.45, 7) is 0. The van der Waals surface area contributed by atoms with Crippen LogP contribution in [0.2, 0.25) is 5.32 Å². The van der Waals surface area contributed by atoms with Crippen molar-refractivity contribution >= 4 is 26.7 Å². The second kappa shape index (κ2) is 5.47. The predicted octanol–water partition coefficient (Wildman–Crippen LogP) is 3.14. The van der Waals surface area contributed by atoms with E-state index in [1.54, 1.807) is 3.80 Å². The molecule has 0 bridgehead atoms. The molecule has 0 aromatic heterocycles. The molecule has 0 N–H and O–H groups in total. The fourth-order valence-electron chi connectivity index (χ4n) is 1.40. The van der Waals surface area contributed by atoms with Crippen LogP contribution in [0.1, 0.15) is 12.0 Å². The molecule has 0 saturated carbocycles. The van der Waals surface area contributed by atoms with Crippen LogP contribution in [0.3, 0.4) is 0 Å². The van der Waals surface area contributed by atoms with Crippen molar-refractivity contribution in [3.63, 3.8) is 0 Å². The minimum atomic E-state index is 0.695. The van der Waals surface area contributed by atoms with Gasteiger partial charge in [0, 0.05) is 0 Å². The van der Waals surface area contributed by atoms with Crippen molar-refractivity contribution in [1.82, 2.24) is 0 Å². The molecule has 0 saturated heterocycles. The molecule has 0 fully saturated rings. The normalized spacial score (nSPS) is 15.0. The summed E-state index contributed by atoms with van der Waals surface area (Å²) in [6.07, 6.45) is 3.35. The Bertz CT molecular complexity index is 423. The average molecular weight is 279 g/mol. The molecule has 0 radical (unpaired) electrons. The van der Waals surface area contributed by atoms with E-state index in [0.717, 1.165) is 5.56 Å². The van der Waals surface area contributed by atoms with Crippen LogP contribution in [0.4, 0.5) is 0 Å². The molecule has 2 heteroatoms. The van der Waals surface area contributed by atoms with Gasteiger partial charge < -0.3 is 0 Å². The van der Waals surface area contributed by atoms with Crippen molar-refractivity contribution < 1.29 is 0 Å². The van der Waals surface area contributed by atoms with Crippen LogP contribution < -0.4 is 0 Å². The molecule has 0 atom stereocenters. The van der Waals surface area contributed by atoms with Crippen LogP contribution in [0.15, 0.2) is 39.7 Å². The molecule has 1 aliphatic heterocycles. The van der Waals surface area contributed by atoms with E-state index in [4.69, 9.17) is 0 Å². The second-order valence-electron chi connectivity index (χ2n) is 3.18. The van der Waals surface area contributed by atoms with Gasteiger partial charge in [-0.1, -0.05) is 0 Å². The third kappa shape index (κ3) is 2.92. The topological polar surface area (TPSA) is 0 Å². The summed E-state index contributed by atoms with van der Waals surface area (Å²) >= 11 is 2.58. The van der Waals surface area contributed by atoms with Crippen LogP contribution in [-0.4, -0.2) is 21.2 Å². The van der Waals surface area contributed by atoms with E-state index in [2.05, 4.69) is 30.2 Å². The van der Waals surface area contributed by atoms with E-state index in [1.807, 2.05) is 30.0 Å². The molecule has 0 amide bonds. The monoisotopic (exact) mass is 280 g/mol. The first kappa shape index (κ1) is 10.9. The summed E-state index contributed by atoms with van der Waals surface area (Å²) in [4.78, 5) is 0. The SMILES string of the molecule is CSC1=C(C#Cc2ccccc2)CC[Se]1. The standard InChI is InChI=1S/C13H12SSe/c1-14-13-12(9-10-15-13)8-7-11-5-3-2-4-6-11/h2-6H,9-10H2,1H3. The summed E-state index contributed by atoms with van der Waals surface area (Å²) in [5, 5.41) is 1.34. The Morgan fingerprint density at radius 2 is 2.00 bits per heavy atom. The summed E-state index contributed by atoms with van der Waals surface area (Å²) < 4.78 is 1.55. The molecule has 1 heterocycles. The number of thioether (sulfide) groups is 1. The van der Waals surface area contributed by atoms with Crippen molar-refractivity contribution in [3.05, 3.63) is 45.3 Å². The first-order chi connectivity index (χ1) is 7.40. The first-order valence-electron chi connectivity index (χ1n) is 4.87. The number of rotatable bonds is 1. The molecule has 0 spiro atoms. The fourth-order valence-corrected chi connectivity index (χ4v) is 4.81. The van der Waals surface area contributed by atoms with Gasteiger partial charge in [0.15, 0.2) is 0 Å². The maximum atomic E-state index is 3.32. The van der Waals surface area contributed by atoms with Crippen molar-refractivity contribution in [2.24, 2.45) is 0 Å². The molecule has 1 aliphatic rings. The Labute approximate surface area is 102 Å². The van der Waals surface area contributed by atoms with Crippen molar-refractivity contribution in [2.75, 3.05) is 6.26 Å². The van der Waals surface area contributed by atoms with E-state index < -0.39 is 0 Å². The van der Waals surface area contributed by atoms with E-state index in [0.29, 0.717) is 15.0 Å². The van der Waals surface area contributed by atoms with E-state index in [9.17, 15) is 0 Å². The van der Waals surface area contributed by atoms with E-state index in [-0.39, 0.29) is 0 Å². The van der Waals surface area contributed by atoms with E-state index in [1.165, 1.54) is 17.3 Å². The Morgan fingerprint density at radius 1 is 1.20 bits per heavy atom. The second-order valence-corrected chi connectivity index (χ2v) is 6.90. The van der Waals surface area contributed by atoms with Crippen molar-refractivity contribution in [3.8, 4) is 11.8 Å². The van der Waals surface area contributed by atoms with Crippen LogP contribution in [-0.2, 0) is 0 Å². The molecule has 0 nitrogen and oxygen atoms in total. The third-order valence-electron chi connectivity index (χ3n) is 2.15. The zero-order valence-corrected chi connectivity index (χ0v) is 11.1. The van der Waals surface area contributed by atoms with Crippen molar-refractivity contribution in [1.29, 1.82) is 0 Å². The van der Waals surface area contributed by atoms with Crippen LogP contribution >= 0.6 is 11.8 Å². The summed E-state index contributed by atoms with van der Waals surface area (Å²) in [6, 6.07) is 10.2. The molecule has 1 aromatic carbocycles. The van der Waals surface area contributed by atoms with Gasteiger partial charge in [-0.2, -0.15) is 0 Å².